The molecule has 2 N–H and O–H groups in total. The summed E-state index contributed by atoms with van der Waals surface area (Å²) in [5, 5.41) is 7.92. The van der Waals surface area contributed by atoms with Crippen LogP contribution in [0, 0.1) is 13.8 Å². The Kier molecular flexibility index (Phi) is 13.5. The number of carbonyl (C=O) groups is 1. The van der Waals surface area contributed by atoms with Gasteiger partial charge < -0.3 is 24.8 Å². The summed E-state index contributed by atoms with van der Waals surface area (Å²) in [6.07, 6.45) is 15.5. The predicted octanol–water partition coefficient (Wildman–Crippen LogP) is 15.1. The van der Waals surface area contributed by atoms with Crippen LogP contribution in [0.15, 0.2) is 97.1 Å². The molecule has 2 aliphatic carbocycles. The minimum atomic E-state index is -1.67. The molecule has 5 aromatic rings. The van der Waals surface area contributed by atoms with E-state index in [4.69, 9.17) is 60.6 Å². The van der Waals surface area contributed by atoms with Gasteiger partial charge in [0.1, 0.15) is 11.5 Å². The number of hydrogen-bond donors (Lipinski definition) is 2. The Morgan fingerprint density at radius 3 is 1.44 bits per heavy atom. The van der Waals surface area contributed by atoms with E-state index >= 15 is 0 Å². The summed E-state index contributed by atoms with van der Waals surface area (Å²) in [5.41, 5.74) is 8.04. The van der Waals surface area contributed by atoms with Crippen molar-refractivity contribution in [3.05, 3.63) is 162 Å². The summed E-state index contributed by atoms with van der Waals surface area (Å²) < 4.78 is 18.0. The standard InChI is InChI=1S/C52H52Cl4N2O4/c1-31-15-25-39(43(27-31)57-35-11-7-5-8-12-35)41(33-17-21-37(60-3)22-18-33)29-52(46-45(51(59)62-52)47(53)49(55)50(56)48(46)54)30-42(34-19-23-38(61-4)24-20-34)40-26-16-32(2)28-44(40)58-36-13-9-6-10-14-36/h15-30,35-36,57-58H,5-14H2,1-4H3. The molecule has 2 saturated carbocycles. The fraction of sp³-hybridized carbons (Fsp3) is 0.327. The Bertz CT molecular complexity index is 2390. The SMILES string of the molecule is COc1ccc(C(=CC2(C=C(c3ccc(OC)cc3)c3ccc(C)cc3NC3CCCCC3)OC(=O)c3c(Cl)c(Cl)c(Cl)c(Cl)c32)c2ccc(C)cc2NC2CCCCC2)cc1. The van der Waals surface area contributed by atoms with Crippen LogP contribution >= 0.6 is 46.4 Å². The zero-order chi connectivity index (χ0) is 43.5. The molecule has 2 fully saturated rings. The number of fused-ring (bicyclic) bond motifs is 1. The number of hydrogen-bond acceptors (Lipinski definition) is 6. The van der Waals surface area contributed by atoms with Crippen LogP contribution in [0.4, 0.5) is 11.4 Å². The third kappa shape index (κ3) is 9.08. The number of methoxy groups -OCH3 is 2. The van der Waals surface area contributed by atoms with E-state index in [2.05, 4.69) is 60.9 Å². The Morgan fingerprint density at radius 2 is 1.02 bits per heavy atom. The van der Waals surface area contributed by atoms with Crippen LogP contribution in [0.25, 0.3) is 11.1 Å². The van der Waals surface area contributed by atoms with Gasteiger partial charge in [0.05, 0.1) is 39.9 Å². The molecule has 322 valence electrons. The molecule has 6 nitrogen and oxygen atoms in total. The summed E-state index contributed by atoms with van der Waals surface area (Å²) >= 11 is 28.0. The lowest BCUT2D eigenvalue weighted by molar-refractivity contribution is 0.0300. The van der Waals surface area contributed by atoms with Gasteiger partial charge in [-0.2, -0.15) is 0 Å². The monoisotopic (exact) mass is 908 g/mol. The lowest BCUT2D eigenvalue weighted by Crippen LogP contribution is -2.25. The fourth-order valence-corrected chi connectivity index (χ4v) is 10.3. The second-order valence-corrected chi connectivity index (χ2v) is 18.3. The predicted molar refractivity (Wildman–Crippen MR) is 257 cm³/mol. The van der Waals surface area contributed by atoms with E-state index in [0.29, 0.717) is 29.1 Å². The smallest absolute Gasteiger partial charge is 0.341 e. The number of ether oxygens (including phenoxy) is 3. The average molecular weight is 911 g/mol. The quantitative estimate of drug-likeness (QED) is 0.0738. The van der Waals surface area contributed by atoms with Gasteiger partial charge in [-0.25, -0.2) is 4.79 Å². The van der Waals surface area contributed by atoms with Crippen LogP contribution in [0.5, 0.6) is 11.5 Å². The van der Waals surface area contributed by atoms with Crippen molar-refractivity contribution in [2.45, 2.75) is 95.7 Å². The Labute approximate surface area is 385 Å². The molecule has 0 aromatic heterocycles. The zero-order valence-electron chi connectivity index (χ0n) is 35.6. The lowest BCUT2D eigenvalue weighted by atomic mass is 9.82. The number of anilines is 2. The van der Waals surface area contributed by atoms with E-state index in [9.17, 15) is 4.79 Å². The summed E-state index contributed by atoms with van der Waals surface area (Å²) in [7, 11) is 3.30. The molecule has 0 radical (unpaired) electrons. The third-order valence-electron chi connectivity index (χ3n) is 12.5. The topological polar surface area (TPSA) is 68.8 Å². The van der Waals surface area contributed by atoms with Gasteiger partial charge in [0.25, 0.3) is 0 Å². The molecule has 10 heteroatoms. The van der Waals surface area contributed by atoms with E-state index in [1.807, 2.05) is 60.7 Å². The summed E-state index contributed by atoms with van der Waals surface area (Å²) in [6, 6.07) is 29.3. The first-order chi connectivity index (χ1) is 30.0. The van der Waals surface area contributed by atoms with E-state index in [1.165, 1.54) is 38.5 Å². The average Bonchev–Trinajstić information content (AvgIpc) is 3.58. The van der Waals surface area contributed by atoms with Crippen LogP contribution in [0.3, 0.4) is 0 Å². The molecule has 62 heavy (non-hydrogen) atoms. The van der Waals surface area contributed by atoms with Crippen LogP contribution in [-0.2, 0) is 10.3 Å². The molecule has 0 spiro atoms. The van der Waals surface area contributed by atoms with Crippen molar-refractivity contribution in [1.29, 1.82) is 0 Å². The third-order valence-corrected chi connectivity index (χ3v) is 14.3. The lowest BCUT2D eigenvalue weighted by Gasteiger charge is -2.30. The minimum Gasteiger partial charge on any atom is -0.497 e. The Morgan fingerprint density at radius 1 is 0.597 bits per heavy atom. The van der Waals surface area contributed by atoms with Crippen LogP contribution in [0.2, 0.25) is 20.1 Å². The zero-order valence-corrected chi connectivity index (χ0v) is 38.6. The van der Waals surface area contributed by atoms with Crippen molar-refractivity contribution < 1.29 is 19.0 Å². The molecule has 0 unspecified atom stereocenters. The molecule has 0 saturated heterocycles. The number of carbonyl (C=O) groups excluding carboxylic acids is 1. The Balaban J connectivity index is 1.46. The fourth-order valence-electron chi connectivity index (χ4n) is 9.25. The largest absolute Gasteiger partial charge is 0.497 e. The molecule has 5 aromatic carbocycles. The molecule has 1 aliphatic heterocycles. The van der Waals surface area contributed by atoms with Crippen LogP contribution < -0.4 is 20.1 Å². The molecule has 1 heterocycles. The first kappa shape index (κ1) is 44.0. The number of aryl methyl sites for hydroxylation is 2. The van der Waals surface area contributed by atoms with Gasteiger partial charge in [0.15, 0.2) is 5.60 Å². The first-order valence-electron chi connectivity index (χ1n) is 21.6. The molecule has 0 amide bonds. The second kappa shape index (κ2) is 19.0. The van der Waals surface area contributed by atoms with Gasteiger partial charge in [-0.15, -0.1) is 0 Å². The van der Waals surface area contributed by atoms with Gasteiger partial charge in [-0.05, 0) is 121 Å². The number of cyclic esters (lactones) is 1. The molecule has 3 aliphatic rings. The van der Waals surface area contributed by atoms with Crippen molar-refractivity contribution in [2.75, 3.05) is 24.9 Å². The molecule has 8 rings (SSSR count). The maximum atomic E-state index is 14.6. The van der Waals surface area contributed by atoms with Crippen molar-refractivity contribution in [2.24, 2.45) is 0 Å². The summed E-state index contributed by atoms with van der Waals surface area (Å²) in [4.78, 5) is 14.6. The summed E-state index contributed by atoms with van der Waals surface area (Å²) in [5.74, 6) is 0.746. The highest BCUT2D eigenvalue weighted by atomic mass is 35.5. The number of halogens is 4. The number of esters is 1. The van der Waals surface area contributed by atoms with Gasteiger partial charge in [0.2, 0.25) is 0 Å². The summed E-state index contributed by atoms with van der Waals surface area (Å²) in [6.45, 7) is 4.20. The Hall–Kier alpha value is -4.59. The maximum absolute atomic E-state index is 14.6. The van der Waals surface area contributed by atoms with E-state index in [1.54, 1.807) is 14.2 Å². The van der Waals surface area contributed by atoms with Crippen molar-refractivity contribution in [3.63, 3.8) is 0 Å². The van der Waals surface area contributed by atoms with Crippen molar-refractivity contribution >= 4 is 74.9 Å². The normalized spacial score (nSPS) is 18.6. The number of nitrogens with one attached hydrogen (secondary N) is 2. The number of rotatable bonds is 12. The van der Waals surface area contributed by atoms with E-state index < -0.39 is 11.6 Å². The van der Waals surface area contributed by atoms with Crippen molar-refractivity contribution in [3.8, 4) is 11.5 Å². The van der Waals surface area contributed by atoms with Gasteiger partial charge in [-0.3, -0.25) is 0 Å². The highest BCUT2D eigenvalue weighted by molar-refractivity contribution is 6.53. The molecular formula is C52H52Cl4N2O4. The van der Waals surface area contributed by atoms with E-state index in [-0.39, 0.29) is 25.7 Å². The van der Waals surface area contributed by atoms with Crippen LogP contribution in [0.1, 0.15) is 114 Å². The number of benzene rings is 5. The molecule has 0 atom stereocenters. The maximum Gasteiger partial charge on any atom is 0.341 e. The van der Waals surface area contributed by atoms with Gasteiger partial charge in [-0.1, -0.05) is 133 Å². The van der Waals surface area contributed by atoms with Crippen LogP contribution in [-0.4, -0.2) is 32.3 Å². The second-order valence-electron chi connectivity index (χ2n) is 16.8. The molecule has 0 bridgehead atoms. The highest BCUT2D eigenvalue weighted by Crippen LogP contribution is 2.54. The van der Waals surface area contributed by atoms with Gasteiger partial charge >= 0.3 is 5.97 Å². The molecular weight excluding hydrogens is 858 g/mol. The van der Waals surface area contributed by atoms with Gasteiger partial charge in [0, 0.05) is 40.1 Å². The highest BCUT2D eigenvalue weighted by Gasteiger charge is 2.48. The van der Waals surface area contributed by atoms with E-state index in [0.717, 1.165) is 81.6 Å². The minimum absolute atomic E-state index is 0.0152. The van der Waals surface area contributed by atoms with Crippen molar-refractivity contribution in [1.82, 2.24) is 0 Å². The first-order valence-corrected chi connectivity index (χ1v) is 23.1.